The van der Waals surface area contributed by atoms with E-state index in [4.69, 9.17) is 19.6 Å². The number of methoxy groups -OCH3 is 1. The number of aromatic nitrogens is 3. The number of pyridine rings is 1. The minimum Gasteiger partial charge on any atom is -0.490 e. The molecule has 1 N–H and O–H groups in total. The maximum absolute atomic E-state index is 16.1. The molecule has 0 spiro atoms. The van der Waals surface area contributed by atoms with Crippen molar-refractivity contribution >= 4 is 17.5 Å². The fraction of sp³-hybridized carbons (Fsp3) is 0.333. The summed E-state index contributed by atoms with van der Waals surface area (Å²) in [5.41, 5.74) is 7.43. The van der Waals surface area contributed by atoms with Crippen molar-refractivity contribution in [3.05, 3.63) is 83.1 Å². The third-order valence-corrected chi connectivity index (χ3v) is 9.33. The van der Waals surface area contributed by atoms with Gasteiger partial charge in [-0.25, -0.2) is 13.8 Å². The molecule has 4 aromatic rings. The third kappa shape index (κ3) is 5.28. The summed E-state index contributed by atoms with van der Waals surface area (Å²) in [7, 11) is 1.53. The highest BCUT2D eigenvalue weighted by Crippen LogP contribution is 2.48. The molecule has 2 amide bonds. The van der Waals surface area contributed by atoms with E-state index in [1.165, 1.54) is 19.3 Å². The zero-order valence-corrected chi connectivity index (χ0v) is 26.5. The first kappa shape index (κ1) is 30.7. The molecule has 0 saturated carbocycles. The second-order valence-corrected chi connectivity index (χ2v) is 12.3. The number of nitrogens with zero attached hydrogens (tertiary/aromatic N) is 4. The monoisotopic (exact) mass is 639 g/mol. The quantitative estimate of drug-likeness (QED) is 0.182. The molecule has 47 heavy (non-hydrogen) atoms. The van der Waals surface area contributed by atoms with Gasteiger partial charge < -0.3 is 19.7 Å². The maximum atomic E-state index is 16.1. The molecule has 2 aliphatic heterocycles. The van der Waals surface area contributed by atoms with Gasteiger partial charge in [0.25, 0.3) is 0 Å². The molecular formula is C36H35F2N5O4. The molecule has 2 unspecified atom stereocenters. The predicted molar refractivity (Wildman–Crippen MR) is 173 cm³/mol. The molecule has 2 atom stereocenters. The molecule has 0 radical (unpaired) electrons. The van der Waals surface area contributed by atoms with E-state index in [-0.39, 0.29) is 48.4 Å². The second kappa shape index (κ2) is 12.0. The molecule has 4 heterocycles. The number of amides is 2. The van der Waals surface area contributed by atoms with Crippen molar-refractivity contribution in [2.24, 2.45) is 0 Å². The summed E-state index contributed by atoms with van der Waals surface area (Å²) in [6.07, 6.45) is 3.80. The summed E-state index contributed by atoms with van der Waals surface area (Å²) in [6.45, 7) is 8.36. The fourth-order valence-electron chi connectivity index (χ4n) is 7.12. The van der Waals surface area contributed by atoms with Gasteiger partial charge in [-0.3, -0.25) is 14.3 Å². The standard InChI is InChI=1S/C36H35F2N5O4/c1-5-32(45)42-18-19(2)43-29(20(42)3)17-28(41-43)36-33(34-26(38)15-23(37)16-30(34)47-12-11-46-4)24-7-6-8-25(24)35(40-36)22-10-9-21-14-31(44)39-27(21)13-22/h5,9-10,13,15-17,19-20H,1,6-8,11-12,14,18H2,2-4H3,(H,39,44). The number of halogens is 2. The molecule has 0 fully saturated rings. The van der Waals surface area contributed by atoms with Gasteiger partial charge >= 0.3 is 0 Å². The Morgan fingerprint density at radius 2 is 1.89 bits per heavy atom. The van der Waals surface area contributed by atoms with Gasteiger partial charge in [-0.1, -0.05) is 18.7 Å². The van der Waals surface area contributed by atoms with E-state index in [1.54, 1.807) is 4.90 Å². The molecule has 3 aliphatic rings. The number of ether oxygens (including phenoxy) is 2. The molecular weight excluding hydrogens is 604 g/mol. The molecule has 7 rings (SSSR count). The van der Waals surface area contributed by atoms with Gasteiger partial charge in [0.2, 0.25) is 11.8 Å². The Morgan fingerprint density at radius 1 is 1.09 bits per heavy atom. The highest BCUT2D eigenvalue weighted by Gasteiger charge is 2.35. The predicted octanol–water partition coefficient (Wildman–Crippen LogP) is 6.22. The van der Waals surface area contributed by atoms with Gasteiger partial charge in [-0.15, -0.1) is 0 Å². The Labute approximate surface area is 271 Å². The molecule has 1 aliphatic carbocycles. The van der Waals surface area contributed by atoms with E-state index < -0.39 is 11.6 Å². The number of nitrogens with one attached hydrogen (secondary N) is 1. The van der Waals surface area contributed by atoms with Crippen LogP contribution in [0.4, 0.5) is 14.5 Å². The van der Waals surface area contributed by atoms with Crippen LogP contribution in [0.5, 0.6) is 5.75 Å². The van der Waals surface area contributed by atoms with Crippen molar-refractivity contribution in [3.8, 4) is 39.5 Å². The van der Waals surface area contributed by atoms with Crippen LogP contribution in [-0.2, 0) is 33.6 Å². The van der Waals surface area contributed by atoms with Crippen molar-refractivity contribution in [3.63, 3.8) is 0 Å². The maximum Gasteiger partial charge on any atom is 0.246 e. The number of anilines is 1. The largest absolute Gasteiger partial charge is 0.490 e. The van der Waals surface area contributed by atoms with Gasteiger partial charge in [0.1, 0.15) is 29.7 Å². The first-order valence-electron chi connectivity index (χ1n) is 15.8. The van der Waals surface area contributed by atoms with Crippen LogP contribution >= 0.6 is 0 Å². The number of hydrogen-bond donors (Lipinski definition) is 1. The number of carbonyl (C=O) groups is 2. The van der Waals surface area contributed by atoms with Crippen molar-refractivity contribution < 1.29 is 27.8 Å². The van der Waals surface area contributed by atoms with Crippen molar-refractivity contribution in [1.29, 1.82) is 0 Å². The van der Waals surface area contributed by atoms with Gasteiger partial charge in [0.15, 0.2) is 0 Å². The summed E-state index contributed by atoms with van der Waals surface area (Å²) >= 11 is 0. The van der Waals surface area contributed by atoms with Crippen molar-refractivity contribution in [1.82, 2.24) is 19.7 Å². The molecule has 0 saturated heterocycles. The number of rotatable bonds is 8. The second-order valence-electron chi connectivity index (χ2n) is 12.3. The zero-order chi connectivity index (χ0) is 33.0. The molecule has 242 valence electrons. The van der Waals surface area contributed by atoms with Gasteiger partial charge in [-0.2, -0.15) is 5.10 Å². The zero-order valence-electron chi connectivity index (χ0n) is 26.5. The Balaban J connectivity index is 1.48. The van der Waals surface area contributed by atoms with E-state index in [9.17, 15) is 14.0 Å². The van der Waals surface area contributed by atoms with Crippen molar-refractivity contribution in [2.45, 2.75) is 51.6 Å². The lowest BCUT2D eigenvalue weighted by molar-refractivity contribution is -0.129. The van der Waals surface area contributed by atoms with Crippen LogP contribution in [-0.4, -0.2) is 58.3 Å². The third-order valence-electron chi connectivity index (χ3n) is 9.33. The molecule has 2 aromatic carbocycles. The summed E-state index contributed by atoms with van der Waals surface area (Å²) in [6, 6.07) is 9.34. The number of fused-ring (bicyclic) bond motifs is 3. The first-order chi connectivity index (χ1) is 22.7. The van der Waals surface area contributed by atoms with Crippen molar-refractivity contribution in [2.75, 3.05) is 32.2 Å². The minimum absolute atomic E-state index is 0.0538. The summed E-state index contributed by atoms with van der Waals surface area (Å²) < 4.78 is 43.8. The summed E-state index contributed by atoms with van der Waals surface area (Å²) in [4.78, 5) is 31.9. The summed E-state index contributed by atoms with van der Waals surface area (Å²) in [5.74, 6) is -1.70. The van der Waals surface area contributed by atoms with E-state index in [2.05, 4.69) is 11.9 Å². The van der Waals surface area contributed by atoms with Crippen LogP contribution in [0, 0.1) is 11.6 Å². The lowest BCUT2D eigenvalue weighted by atomic mass is 9.90. The van der Waals surface area contributed by atoms with Crippen LogP contribution < -0.4 is 10.1 Å². The van der Waals surface area contributed by atoms with Crippen LogP contribution in [0.1, 0.15) is 54.7 Å². The van der Waals surface area contributed by atoms with Crippen LogP contribution in [0.15, 0.2) is 49.1 Å². The number of carbonyl (C=O) groups excluding carboxylic acids is 2. The van der Waals surface area contributed by atoms with Gasteiger partial charge in [0.05, 0.1) is 47.8 Å². The fourth-order valence-corrected chi connectivity index (χ4v) is 7.12. The number of hydrogen-bond acceptors (Lipinski definition) is 6. The van der Waals surface area contributed by atoms with E-state index in [0.29, 0.717) is 42.8 Å². The normalized spacial score (nSPS) is 18.1. The number of benzene rings is 2. The Hall–Kier alpha value is -4.90. The Morgan fingerprint density at radius 3 is 2.68 bits per heavy atom. The van der Waals surface area contributed by atoms with Gasteiger partial charge in [0, 0.05) is 42.6 Å². The molecule has 2 aromatic heterocycles. The lowest BCUT2D eigenvalue weighted by Gasteiger charge is -2.36. The Bertz CT molecular complexity index is 1950. The SMILES string of the molecule is C=CC(=O)N1CC(C)n2nc(-c3nc(-c4ccc5c(c4)NC(=O)C5)c4c(c3-c3c(F)cc(F)cc3OCCOC)CCC4)cc2C1C. The topological polar surface area (TPSA) is 98.6 Å². The van der Waals surface area contributed by atoms with Gasteiger partial charge in [-0.05, 0) is 68.0 Å². The highest BCUT2D eigenvalue weighted by atomic mass is 19.1. The van der Waals surface area contributed by atoms with E-state index >= 15 is 4.39 Å². The van der Waals surface area contributed by atoms with Crippen LogP contribution in [0.3, 0.4) is 0 Å². The average molecular weight is 640 g/mol. The van der Waals surface area contributed by atoms with E-state index in [0.717, 1.165) is 51.8 Å². The van der Waals surface area contributed by atoms with Crippen LogP contribution in [0.2, 0.25) is 0 Å². The average Bonchev–Trinajstić information content (AvgIpc) is 3.80. The minimum atomic E-state index is -0.768. The van der Waals surface area contributed by atoms with Crippen LogP contribution in [0.25, 0.3) is 33.8 Å². The molecule has 11 heteroatoms. The highest BCUT2D eigenvalue weighted by molar-refractivity contribution is 6.00. The van der Waals surface area contributed by atoms with E-state index in [1.807, 2.05) is 42.8 Å². The Kier molecular flexibility index (Phi) is 7.87. The molecule has 9 nitrogen and oxygen atoms in total. The molecule has 0 bridgehead atoms. The smallest absolute Gasteiger partial charge is 0.246 e. The lowest BCUT2D eigenvalue weighted by Crippen LogP contribution is -2.42. The summed E-state index contributed by atoms with van der Waals surface area (Å²) in [5, 5.41) is 7.95. The first-order valence-corrected chi connectivity index (χ1v) is 15.8.